The molecule has 0 aliphatic carbocycles. The van der Waals surface area contributed by atoms with Gasteiger partial charge in [0.25, 0.3) is 0 Å². The molecule has 1 amide bonds. The number of hydrogen-bond donors (Lipinski definition) is 1. The van der Waals surface area contributed by atoms with Gasteiger partial charge in [-0.15, -0.1) is 0 Å². The third-order valence-electron chi connectivity index (χ3n) is 2.85. The van der Waals surface area contributed by atoms with E-state index in [1.807, 2.05) is 4.90 Å². The normalized spacial score (nSPS) is 26.2. The van der Waals surface area contributed by atoms with Gasteiger partial charge in [0.15, 0.2) is 0 Å². The van der Waals surface area contributed by atoms with E-state index < -0.39 is 0 Å². The van der Waals surface area contributed by atoms with Crippen LogP contribution in [0.15, 0.2) is 0 Å². The fourth-order valence-corrected chi connectivity index (χ4v) is 1.94. The van der Waals surface area contributed by atoms with E-state index in [-0.39, 0.29) is 11.6 Å². The minimum absolute atomic E-state index is 0.152. The highest BCUT2D eigenvalue weighted by Gasteiger charge is 2.42. The number of carbonyl (C=O) groups excluding carboxylic acids is 1. The molecule has 1 rings (SSSR count). The molecule has 0 radical (unpaired) electrons. The first kappa shape index (κ1) is 12.3. The van der Waals surface area contributed by atoms with Gasteiger partial charge >= 0.3 is 6.09 Å². The number of carbonyl (C=O) groups is 1. The van der Waals surface area contributed by atoms with Crippen LogP contribution in [0.25, 0.3) is 0 Å². The molecule has 0 aromatic rings. The SMILES string of the molecule is CC(C)CN1C(=O)OCC1(C)CCCN. The molecule has 1 heterocycles. The van der Waals surface area contributed by atoms with Crippen molar-refractivity contribution in [2.45, 2.75) is 39.2 Å². The number of nitrogens with zero attached hydrogens (tertiary/aromatic N) is 1. The summed E-state index contributed by atoms with van der Waals surface area (Å²) in [5.41, 5.74) is 5.35. The van der Waals surface area contributed by atoms with E-state index in [9.17, 15) is 4.79 Å². The van der Waals surface area contributed by atoms with E-state index in [4.69, 9.17) is 10.5 Å². The topological polar surface area (TPSA) is 55.6 Å². The van der Waals surface area contributed by atoms with Gasteiger partial charge in [-0.25, -0.2) is 4.79 Å². The second kappa shape index (κ2) is 4.84. The van der Waals surface area contributed by atoms with Gasteiger partial charge in [0.05, 0.1) is 5.54 Å². The molecule has 2 N–H and O–H groups in total. The van der Waals surface area contributed by atoms with Gasteiger partial charge in [0.1, 0.15) is 6.61 Å². The number of amides is 1. The lowest BCUT2D eigenvalue weighted by Gasteiger charge is -2.33. The first-order valence-corrected chi connectivity index (χ1v) is 5.64. The molecule has 0 spiro atoms. The fraction of sp³-hybridized carbons (Fsp3) is 0.909. The predicted octanol–water partition coefficient (Wildman–Crippen LogP) is 1.59. The number of hydrogen-bond acceptors (Lipinski definition) is 3. The zero-order valence-electron chi connectivity index (χ0n) is 9.95. The Morgan fingerprint density at radius 2 is 2.27 bits per heavy atom. The number of nitrogens with two attached hydrogens (primary N) is 1. The monoisotopic (exact) mass is 214 g/mol. The van der Waals surface area contributed by atoms with Crippen molar-refractivity contribution in [1.82, 2.24) is 4.90 Å². The minimum Gasteiger partial charge on any atom is -0.447 e. The highest BCUT2D eigenvalue weighted by molar-refractivity contribution is 5.71. The van der Waals surface area contributed by atoms with E-state index in [2.05, 4.69) is 20.8 Å². The van der Waals surface area contributed by atoms with Gasteiger partial charge in [-0.05, 0) is 32.2 Å². The molecule has 1 aliphatic heterocycles. The van der Waals surface area contributed by atoms with E-state index in [1.165, 1.54) is 0 Å². The van der Waals surface area contributed by atoms with Crippen LogP contribution in [0.2, 0.25) is 0 Å². The Labute approximate surface area is 91.8 Å². The zero-order chi connectivity index (χ0) is 11.5. The Balaban J connectivity index is 2.65. The van der Waals surface area contributed by atoms with E-state index in [0.717, 1.165) is 19.4 Å². The smallest absolute Gasteiger partial charge is 0.410 e. The van der Waals surface area contributed by atoms with Crippen LogP contribution in [0.3, 0.4) is 0 Å². The maximum Gasteiger partial charge on any atom is 0.410 e. The van der Waals surface area contributed by atoms with Crippen molar-refractivity contribution in [3.63, 3.8) is 0 Å². The molecule has 1 unspecified atom stereocenters. The van der Waals surface area contributed by atoms with Gasteiger partial charge in [-0.1, -0.05) is 13.8 Å². The van der Waals surface area contributed by atoms with Crippen molar-refractivity contribution < 1.29 is 9.53 Å². The molecule has 15 heavy (non-hydrogen) atoms. The van der Waals surface area contributed by atoms with Crippen molar-refractivity contribution in [2.75, 3.05) is 19.7 Å². The van der Waals surface area contributed by atoms with Crippen LogP contribution in [0.4, 0.5) is 4.79 Å². The summed E-state index contributed by atoms with van der Waals surface area (Å²) in [4.78, 5) is 13.4. The summed E-state index contributed by atoms with van der Waals surface area (Å²) in [6.45, 7) is 8.22. The zero-order valence-corrected chi connectivity index (χ0v) is 9.95. The molecule has 0 aromatic heterocycles. The molecular formula is C11H22N2O2. The maximum absolute atomic E-state index is 11.6. The molecule has 0 bridgehead atoms. The van der Waals surface area contributed by atoms with E-state index >= 15 is 0 Å². The van der Waals surface area contributed by atoms with Crippen molar-refractivity contribution in [1.29, 1.82) is 0 Å². The van der Waals surface area contributed by atoms with Gasteiger partial charge in [0, 0.05) is 6.54 Å². The Morgan fingerprint density at radius 3 is 2.80 bits per heavy atom. The molecule has 4 heteroatoms. The number of cyclic esters (lactones) is 1. The lowest BCUT2D eigenvalue weighted by molar-refractivity contribution is 0.142. The van der Waals surface area contributed by atoms with Crippen molar-refractivity contribution in [3.05, 3.63) is 0 Å². The quantitative estimate of drug-likeness (QED) is 0.756. The number of ether oxygens (including phenoxy) is 1. The van der Waals surface area contributed by atoms with Gasteiger partial charge in [-0.3, -0.25) is 4.90 Å². The molecule has 1 saturated heterocycles. The largest absolute Gasteiger partial charge is 0.447 e. The van der Waals surface area contributed by atoms with E-state index in [0.29, 0.717) is 19.1 Å². The molecule has 1 atom stereocenters. The summed E-state index contributed by atoms with van der Waals surface area (Å²) >= 11 is 0. The molecule has 4 nitrogen and oxygen atoms in total. The van der Waals surface area contributed by atoms with Gasteiger partial charge in [0.2, 0.25) is 0 Å². The van der Waals surface area contributed by atoms with Crippen LogP contribution in [-0.4, -0.2) is 36.2 Å². The van der Waals surface area contributed by atoms with Crippen molar-refractivity contribution in [3.8, 4) is 0 Å². The third-order valence-corrected chi connectivity index (χ3v) is 2.85. The summed E-state index contributed by atoms with van der Waals surface area (Å²) in [5.74, 6) is 0.466. The van der Waals surface area contributed by atoms with Crippen molar-refractivity contribution >= 4 is 6.09 Å². The standard InChI is InChI=1S/C11H22N2O2/c1-9(2)7-13-10(14)15-8-11(13,3)5-4-6-12/h9H,4-8,12H2,1-3H3. The highest BCUT2D eigenvalue weighted by atomic mass is 16.6. The summed E-state index contributed by atoms with van der Waals surface area (Å²) in [7, 11) is 0. The summed E-state index contributed by atoms with van der Waals surface area (Å²) in [6.07, 6.45) is 1.67. The Morgan fingerprint density at radius 1 is 1.60 bits per heavy atom. The Bertz CT molecular complexity index is 231. The molecule has 0 aromatic carbocycles. The molecule has 1 aliphatic rings. The van der Waals surface area contributed by atoms with Crippen LogP contribution in [0, 0.1) is 5.92 Å². The van der Waals surface area contributed by atoms with E-state index in [1.54, 1.807) is 0 Å². The second-order valence-corrected chi connectivity index (χ2v) is 4.95. The van der Waals surface area contributed by atoms with Crippen LogP contribution in [0.5, 0.6) is 0 Å². The van der Waals surface area contributed by atoms with Crippen LogP contribution in [0.1, 0.15) is 33.6 Å². The van der Waals surface area contributed by atoms with Crippen LogP contribution in [-0.2, 0) is 4.74 Å². The van der Waals surface area contributed by atoms with Crippen LogP contribution < -0.4 is 5.73 Å². The Kier molecular flexibility index (Phi) is 3.97. The first-order chi connectivity index (χ1) is 6.99. The summed E-state index contributed by atoms with van der Waals surface area (Å²) < 4.78 is 5.13. The first-order valence-electron chi connectivity index (χ1n) is 5.64. The average Bonchev–Trinajstić information content (AvgIpc) is 2.43. The average molecular weight is 214 g/mol. The summed E-state index contributed by atoms with van der Waals surface area (Å²) in [5, 5.41) is 0. The Hall–Kier alpha value is -0.770. The lowest BCUT2D eigenvalue weighted by Crippen LogP contribution is -2.46. The predicted molar refractivity (Wildman–Crippen MR) is 59.6 cm³/mol. The number of rotatable bonds is 5. The van der Waals surface area contributed by atoms with Gasteiger partial charge < -0.3 is 10.5 Å². The third kappa shape index (κ3) is 2.84. The van der Waals surface area contributed by atoms with Crippen molar-refractivity contribution in [2.24, 2.45) is 11.7 Å². The van der Waals surface area contributed by atoms with Gasteiger partial charge in [-0.2, -0.15) is 0 Å². The maximum atomic E-state index is 11.6. The van der Waals surface area contributed by atoms with Crippen LogP contribution >= 0.6 is 0 Å². The molecule has 88 valence electrons. The second-order valence-electron chi connectivity index (χ2n) is 4.95. The fourth-order valence-electron chi connectivity index (χ4n) is 1.94. The highest BCUT2D eigenvalue weighted by Crippen LogP contribution is 2.29. The summed E-state index contributed by atoms with van der Waals surface area (Å²) in [6, 6.07) is 0. The molecule has 0 saturated carbocycles. The molecule has 1 fully saturated rings. The molecular weight excluding hydrogens is 192 g/mol. The minimum atomic E-state index is -0.178. The lowest BCUT2D eigenvalue weighted by atomic mass is 9.95.